The number of hydrogen-bond donors (Lipinski definition) is 1. The number of rotatable bonds is 36. The molecule has 0 rings (SSSR count). The van der Waals surface area contributed by atoms with Crippen LogP contribution in [-0.2, 0) is 9.59 Å². The first kappa shape index (κ1) is 43.6. The predicted molar refractivity (Wildman–Crippen MR) is 198 cm³/mol. The number of carboxylic acid groups (broad SMARTS) is 1. The normalized spacial score (nSPS) is 12.2. The van der Waals surface area contributed by atoms with E-state index < -0.39 is 11.4 Å². The lowest BCUT2D eigenvalue weighted by Crippen LogP contribution is -2.32. The van der Waals surface area contributed by atoms with Crippen molar-refractivity contribution in [3.8, 4) is 0 Å². The van der Waals surface area contributed by atoms with Gasteiger partial charge in [0.2, 0.25) is 0 Å². The fraction of sp³-hybridized carbons (Fsp3) is 0.857. The van der Waals surface area contributed by atoms with E-state index >= 15 is 0 Å². The number of aliphatic carboxylic acids is 1. The van der Waals surface area contributed by atoms with Crippen molar-refractivity contribution in [2.24, 2.45) is 5.41 Å². The molecule has 0 unspecified atom stereocenters. The highest BCUT2D eigenvalue weighted by Gasteiger charge is 2.36. The Balaban J connectivity index is 4.06. The highest BCUT2D eigenvalue weighted by atomic mass is 16.4. The van der Waals surface area contributed by atoms with Crippen molar-refractivity contribution in [2.75, 3.05) is 0 Å². The Morgan fingerprint density at radius 2 is 0.733 bits per heavy atom. The van der Waals surface area contributed by atoms with E-state index in [0.717, 1.165) is 44.9 Å². The standard InChI is InChI=1S/C42H78O3/c1-4-7-9-11-13-15-17-19-21-23-25-27-29-31-33-35-37-42(6-3,40(43)39-41(44)45)38-36-34-32-30-28-26-24-22-20-18-16-14-12-10-8-5-2/h19-22H,4-18,23-39H2,1-3H3,(H,44,45)/b21-19-,22-20-. The quantitative estimate of drug-likeness (QED) is 0.0426. The van der Waals surface area contributed by atoms with E-state index in [0.29, 0.717) is 0 Å². The van der Waals surface area contributed by atoms with E-state index in [1.165, 1.54) is 154 Å². The van der Waals surface area contributed by atoms with Gasteiger partial charge < -0.3 is 5.11 Å². The minimum Gasteiger partial charge on any atom is -0.481 e. The molecule has 3 heteroatoms. The van der Waals surface area contributed by atoms with Gasteiger partial charge in [0.05, 0.1) is 0 Å². The van der Waals surface area contributed by atoms with E-state index in [2.05, 4.69) is 45.1 Å². The number of Topliss-reactive ketones (excluding diaryl/α,β-unsaturated/α-hetero) is 1. The summed E-state index contributed by atoms with van der Waals surface area (Å²) in [7, 11) is 0. The number of carbonyl (C=O) groups is 2. The average Bonchev–Trinajstić information content (AvgIpc) is 3.03. The van der Waals surface area contributed by atoms with Crippen LogP contribution in [0.2, 0.25) is 0 Å². The Hall–Kier alpha value is -1.38. The molecule has 264 valence electrons. The zero-order valence-corrected chi connectivity index (χ0v) is 30.7. The second-order valence-corrected chi connectivity index (χ2v) is 14.0. The lowest BCUT2D eigenvalue weighted by Gasteiger charge is -2.31. The zero-order valence-electron chi connectivity index (χ0n) is 30.7. The molecule has 0 heterocycles. The third kappa shape index (κ3) is 28.6. The van der Waals surface area contributed by atoms with Gasteiger partial charge in [0.25, 0.3) is 0 Å². The molecular weight excluding hydrogens is 552 g/mol. The molecular formula is C42H78O3. The lowest BCUT2D eigenvalue weighted by molar-refractivity contribution is -0.143. The van der Waals surface area contributed by atoms with Gasteiger partial charge in [-0.15, -0.1) is 0 Å². The molecule has 0 aromatic heterocycles. The summed E-state index contributed by atoms with van der Waals surface area (Å²) in [4.78, 5) is 24.5. The molecule has 0 spiro atoms. The topological polar surface area (TPSA) is 54.4 Å². The van der Waals surface area contributed by atoms with Gasteiger partial charge in [-0.05, 0) is 70.6 Å². The third-order valence-corrected chi connectivity index (χ3v) is 9.91. The largest absolute Gasteiger partial charge is 0.481 e. The maximum atomic E-state index is 13.1. The zero-order chi connectivity index (χ0) is 33.1. The van der Waals surface area contributed by atoms with Crippen molar-refractivity contribution in [1.29, 1.82) is 0 Å². The molecule has 0 aliphatic heterocycles. The third-order valence-electron chi connectivity index (χ3n) is 9.91. The fourth-order valence-electron chi connectivity index (χ4n) is 6.70. The summed E-state index contributed by atoms with van der Waals surface area (Å²) in [5.41, 5.74) is -0.431. The van der Waals surface area contributed by atoms with Crippen molar-refractivity contribution >= 4 is 11.8 Å². The Morgan fingerprint density at radius 1 is 0.444 bits per heavy atom. The van der Waals surface area contributed by atoms with Crippen LogP contribution >= 0.6 is 0 Å². The van der Waals surface area contributed by atoms with Crippen molar-refractivity contribution < 1.29 is 14.7 Å². The average molecular weight is 631 g/mol. The maximum Gasteiger partial charge on any atom is 0.310 e. The van der Waals surface area contributed by atoms with Gasteiger partial charge in [0.1, 0.15) is 12.2 Å². The molecule has 0 atom stereocenters. The van der Waals surface area contributed by atoms with E-state index in [4.69, 9.17) is 0 Å². The minimum atomic E-state index is -0.972. The summed E-state index contributed by atoms with van der Waals surface area (Å²) in [6.07, 6.45) is 47.6. The molecule has 0 aliphatic carbocycles. The van der Waals surface area contributed by atoms with Crippen LogP contribution in [0.4, 0.5) is 0 Å². The number of allylic oxidation sites excluding steroid dienone is 4. The van der Waals surface area contributed by atoms with Crippen LogP contribution in [0.5, 0.6) is 0 Å². The highest BCUT2D eigenvalue weighted by Crippen LogP contribution is 2.37. The first-order valence-electron chi connectivity index (χ1n) is 20.1. The molecule has 0 saturated carbocycles. The van der Waals surface area contributed by atoms with Gasteiger partial charge in [0, 0.05) is 5.41 Å². The lowest BCUT2D eigenvalue weighted by atomic mass is 9.71. The van der Waals surface area contributed by atoms with E-state index in [1.807, 2.05) is 0 Å². The van der Waals surface area contributed by atoms with Crippen LogP contribution in [0.1, 0.15) is 226 Å². The van der Waals surface area contributed by atoms with E-state index in [9.17, 15) is 14.7 Å². The molecule has 0 bridgehead atoms. The Labute approximate surface area is 281 Å². The van der Waals surface area contributed by atoms with Crippen molar-refractivity contribution in [3.63, 3.8) is 0 Å². The van der Waals surface area contributed by atoms with E-state index in [1.54, 1.807) is 0 Å². The summed E-state index contributed by atoms with van der Waals surface area (Å²) in [6, 6.07) is 0. The minimum absolute atomic E-state index is 0.0296. The fourth-order valence-corrected chi connectivity index (χ4v) is 6.70. The van der Waals surface area contributed by atoms with Gasteiger partial charge in [-0.3, -0.25) is 9.59 Å². The molecule has 3 nitrogen and oxygen atoms in total. The van der Waals surface area contributed by atoms with Gasteiger partial charge in [-0.1, -0.05) is 173 Å². The smallest absolute Gasteiger partial charge is 0.310 e. The van der Waals surface area contributed by atoms with Crippen LogP contribution in [0.3, 0.4) is 0 Å². The number of unbranched alkanes of at least 4 members (excludes halogenated alkanes) is 24. The molecule has 1 N–H and O–H groups in total. The molecule has 0 aromatic rings. The van der Waals surface area contributed by atoms with Crippen LogP contribution in [0.15, 0.2) is 24.3 Å². The summed E-state index contributed by atoms with van der Waals surface area (Å²) in [5.74, 6) is -1.00. The molecule has 45 heavy (non-hydrogen) atoms. The van der Waals surface area contributed by atoms with Gasteiger partial charge in [-0.25, -0.2) is 0 Å². The molecule has 0 fully saturated rings. The number of carboxylic acids is 1. The first-order chi connectivity index (χ1) is 22.0. The second-order valence-electron chi connectivity index (χ2n) is 14.0. The highest BCUT2D eigenvalue weighted by molar-refractivity contribution is 5.98. The molecule has 0 aliphatic rings. The molecule has 0 saturated heterocycles. The number of carbonyl (C=O) groups excluding carboxylic acids is 1. The maximum absolute atomic E-state index is 13.1. The summed E-state index contributed by atoms with van der Waals surface area (Å²) < 4.78 is 0. The molecule has 0 amide bonds. The molecule has 0 radical (unpaired) electrons. The summed E-state index contributed by atoms with van der Waals surface area (Å²) in [5, 5.41) is 9.34. The Morgan fingerprint density at radius 3 is 1.02 bits per heavy atom. The van der Waals surface area contributed by atoms with Crippen LogP contribution in [0, 0.1) is 5.41 Å². The van der Waals surface area contributed by atoms with Crippen LogP contribution < -0.4 is 0 Å². The van der Waals surface area contributed by atoms with Crippen LogP contribution in [-0.4, -0.2) is 16.9 Å². The van der Waals surface area contributed by atoms with Gasteiger partial charge >= 0.3 is 5.97 Å². The Kier molecular flexibility index (Phi) is 32.9. The molecule has 0 aromatic carbocycles. The van der Waals surface area contributed by atoms with Gasteiger partial charge in [0.15, 0.2) is 0 Å². The SMILES string of the molecule is CCCCCCCC/C=C\CCCCCCCCC(CC)(CCCCCCCC/C=C\CCCCCCCC)C(=O)CC(=O)O. The first-order valence-corrected chi connectivity index (χ1v) is 20.1. The van der Waals surface area contributed by atoms with Gasteiger partial charge in [-0.2, -0.15) is 0 Å². The predicted octanol–water partition coefficient (Wildman–Crippen LogP) is 14.3. The summed E-state index contributed by atoms with van der Waals surface area (Å²) >= 11 is 0. The Bertz CT molecular complexity index is 665. The second kappa shape index (κ2) is 34.0. The monoisotopic (exact) mass is 631 g/mol. The van der Waals surface area contributed by atoms with E-state index in [-0.39, 0.29) is 12.2 Å². The van der Waals surface area contributed by atoms with Crippen LogP contribution in [0.25, 0.3) is 0 Å². The summed E-state index contributed by atoms with van der Waals surface area (Å²) in [6.45, 7) is 6.64. The van der Waals surface area contributed by atoms with Crippen molar-refractivity contribution in [3.05, 3.63) is 24.3 Å². The number of ketones is 1. The number of hydrogen-bond acceptors (Lipinski definition) is 2. The van der Waals surface area contributed by atoms with Crippen molar-refractivity contribution in [2.45, 2.75) is 226 Å². The van der Waals surface area contributed by atoms with Crippen molar-refractivity contribution in [1.82, 2.24) is 0 Å².